The van der Waals surface area contributed by atoms with E-state index in [2.05, 4.69) is 10.3 Å². The summed E-state index contributed by atoms with van der Waals surface area (Å²) in [5.74, 6) is -1.55. The van der Waals surface area contributed by atoms with Gasteiger partial charge in [-0.3, -0.25) is 9.59 Å². The zero-order valence-corrected chi connectivity index (χ0v) is 13.8. The van der Waals surface area contributed by atoms with E-state index in [-0.39, 0.29) is 23.7 Å². The van der Waals surface area contributed by atoms with Gasteiger partial charge in [-0.2, -0.15) is 0 Å². The highest BCUT2D eigenvalue weighted by atomic mass is 19.1. The Kier molecular flexibility index (Phi) is 3.71. The topological polar surface area (TPSA) is 62.0 Å². The van der Waals surface area contributed by atoms with Crippen LogP contribution >= 0.6 is 0 Å². The fourth-order valence-corrected chi connectivity index (χ4v) is 3.74. The normalized spacial score (nSPS) is 21.8. The fraction of sp³-hybridized carbons (Fsp3) is 0.368. The number of rotatable bonds is 3. The number of aromatic nitrogens is 1. The van der Waals surface area contributed by atoms with Crippen molar-refractivity contribution in [2.45, 2.75) is 44.6 Å². The molecule has 0 radical (unpaired) electrons. The minimum atomic E-state index is -0.611. The Balaban J connectivity index is 1.50. The van der Waals surface area contributed by atoms with Crippen LogP contribution in [0.3, 0.4) is 0 Å². The third kappa shape index (κ3) is 2.75. The van der Waals surface area contributed by atoms with Gasteiger partial charge in [-0.15, -0.1) is 0 Å². The number of amides is 1. The molecule has 0 bridgehead atoms. The molecule has 2 atom stereocenters. The van der Waals surface area contributed by atoms with Crippen molar-refractivity contribution < 1.29 is 18.4 Å². The van der Waals surface area contributed by atoms with Gasteiger partial charge < -0.3 is 10.3 Å². The first-order valence-corrected chi connectivity index (χ1v) is 8.46. The summed E-state index contributed by atoms with van der Waals surface area (Å²) in [5.41, 5.74) is 2.99. The number of halogens is 2. The largest absolute Gasteiger partial charge is 0.354 e. The fourth-order valence-electron chi connectivity index (χ4n) is 3.74. The molecule has 1 fully saturated rings. The number of H-pyrrole nitrogens is 1. The molecule has 0 aliphatic heterocycles. The van der Waals surface area contributed by atoms with Gasteiger partial charge in [0.1, 0.15) is 17.3 Å². The Bertz CT molecular complexity index is 888. The molecule has 130 valence electrons. The molecule has 0 saturated heterocycles. The third-order valence-corrected chi connectivity index (χ3v) is 5.13. The van der Waals surface area contributed by atoms with E-state index in [1.807, 2.05) is 0 Å². The monoisotopic (exact) mass is 344 g/mol. The van der Waals surface area contributed by atoms with E-state index in [0.29, 0.717) is 35.2 Å². The molecule has 4 nitrogen and oxygen atoms in total. The summed E-state index contributed by atoms with van der Waals surface area (Å²) in [6.07, 6.45) is 2.69. The number of carbonyl (C=O) groups is 2. The lowest BCUT2D eigenvalue weighted by atomic mass is 9.94. The first-order chi connectivity index (χ1) is 12.0. The Morgan fingerprint density at radius 3 is 2.80 bits per heavy atom. The quantitative estimate of drug-likeness (QED) is 0.896. The lowest BCUT2D eigenvalue weighted by Crippen LogP contribution is -2.27. The highest BCUT2D eigenvalue weighted by molar-refractivity contribution is 6.04. The van der Waals surface area contributed by atoms with Crippen LogP contribution in [0.1, 0.15) is 62.8 Å². The van der Waals surface area contributed by atoms with Crippen molar-refractivity contribution in [2.24, 2.45) is 0 Å². The summed E-state index contributed by atoms with van der Waals surface area (Å²) in [5, 5.41) is 2.88. The Hall–Kier alpha value is -2.50. The molecule has 25 heavy (non-hydrogen) atoms. The molecule has 4 rings (SSSR count). The molecule has 6 heteroatoms. The summed E-state index contributed by atoms with van der Waals surface area (Å²) in [6, 6.07) is 3.34. The number of ketones is 1. The summed E-state index contributed by atoms with van der Waals surface area (Å²) in [4.78, 5) is 27.7. The summed E-state index contributed by atoms with van der Waals surface area (Å²) in [6.45, 7) is 1.78. The average Bonchev–Trinajstić information content (AvgIpc) is 3.21. The molecule has 0 spiro atoms. The lowest BCUT2D eigenvalue weighted by Gasteiger charge is -2.09. The van der Waals surface area contributed by atoms with E-state index in [1.54, 1.807) is 6.92 Å². The zero-order valence-electron chi connectivity index (χ0n) is 13.8. The molecule has 1 saturated carbocycles. The predicted molar refractivity (Wildman–Crippen MR) is 87.8 cm³/mol. The van der Waals surface area contributed by atoms with Crippen LogP contribution in [0.4, 0.5) is 8.78 Å². The smallest absolute Gasteiger partial charge is 0.268 e. The average molecular weight is 344 g/mol. The first-order valence-electron chi connectivity index (χ1n) is 8.46. The van der Waals surface area contributed by atoms with Gasteiger partial charge in [-0.05, 0) is 43.4 Å². The van der Waals surface area contributed by atoms with Crippen molar-refractivity contribution in [3.8, 4) is 0 Å². The Morgan fingerprint density at radius 2 is 2.08 bits per heavy atom. The van der Waals surface area contributed by atoms with E-state index >= 15 is 0 Å². The SMILES string of the molecule is Cc1c(C(=O)N[C@@H]2C[C@@H]2c2ccc(F)cc2F)[nH]c2c1C(=O)CCC2. The van der Waals surface area contributed by atoms with Crippen molar-refractivity contribution >= 4 is 11.7 Å². The zero-order chi connectivity index (χ0) is 17.7. The van der Waals surface area contributed by atoms with Gasteiger partial charge in [-0.25, -0.2) is 8.78 Å². The number of benzene rings is 1. The minimum absolute atomic E-state index is 0.0757. The van der Waals surface area contributed by atoms with Gasteiger partial charge in [0.15, 0.2) is 5.78 Å². The standard InChI is InChI=1S/C19H18F2N2O2/c1-9-17-14(3-2-4-16(17)24)22-18(9)19(25)23-15-8-12(15)11-6-5-10(20)7-13(11)21/h5-7,12,15,22H,2-4,8H2,1H3,(H,23,25)/t12-,15-/m1/s1. The molecular weight excluding hydrogens is 326 g/mol. The Labute approximate surface area is 143 Å². The second-order valence-corrected chi connectivity index (χ2v) is 6.84. The maximum Gasteiger partial charge on any atom is 0.268 e. The first kappa shape index (κ1) is 16.0. The highest BCUT2D eigenvalue weighted by Gasteiger charge is 2.41. The van der Waals surface area contributed by atoms with E-state index < -0.39 is 11.6 Å². The molecule has 2 aliphatic carbocycles. The third-order valence-electron chi connectivity index (χ3n) is 5.13. The van der Waals surface area contributed by atoms with Gasteiger partial charge in [-0.1, -0.05) is 6.07 Å². The van der Waals surface area contributed by atoms with Crippen LogP contribution in [0.5, 0.6) is 0 Å². The molecule has 0 unspecified atom stereocenters. The highest BCUT2D eigenvalue weighted by Crippen LogP contribution is 2.42. The molecule has 2 aliphatic rings. The molecule has 2 aromatic rings. The second-order valence-electron chi connectivity index (χ2n) is 6.84. The number of Topliss-reactive ketones (excluding diaryl/α,β-unsaturated/α-hetero) is 1. The van der Waals surface area contributed by atoms with E-state index in [4.69, 9.17) is 0 Å². The van der Waals surface area contributed by atoms with Crippen LogP contribution in [0, 0.1) is 18.6 Å². The number of fused-ring (bicyclic) bond motifs is 1. The van der Waals surface area contributed by atoms with Crippen LogP contribution in [0.2, 0.25) is 0 Å². The summed E-state index contributed by atoms with van der Waals surface area (Å²) in [7, 11) is 0. The van der Waals surface area contributed by atoms with Crippen molar-refractivity contribution in [3.63, 3.8) is 0 Å². The van der Waals surface area contributed by atoms with Crippen molar-refractivity contribution in [1.82, 2.24) is 10.3 Å². The Morgan fingerprint density at radius 1 is 1.28 bits per heavy atom. The van der Waals surface area contributed by atoms with E-state index in [0.717, 1.165) is 24.6 Å². The van der Waals surface area contributed by atoms with Crippen LogP contribution in [0.15, 0.2) is 18.2 Å². The molecule has 1 amide bonds. The van der Waals surface area contributed by atoms with Crippen molar-refractivity contribution in [1.29, 1.82) is 0 Å². The number of hydrogen-bond acceptors (Lipinski definition) is 2. The molecule has 1 aromatic carbocycles. The van der Waals surface area contributed by atoms with Crippen LogP contribution < -0.4 is 5.32 Å². The second kappa shape index (κ2) is 5.79. The number of carbonyl (C=O) groups excluding carboxylic acids is 2. The molecular formula is C19H18F2N2O2. The predicted octanol–water partition coefficient (Wildman–Crippen LogP) is 3.41. The van der Waals surface area contributed by atoms with Crippen LogP contribution in [-0.4, -0.2) is 22.7 Å². The van der Waals surface area contributed by atoms with Crippen LogP contribution in [-0.2, 0) is 6.42 Å². The molecule has 1 heterocycles. The number of hydrogen-bond donors (Lipinski definition) is 2. The minimum Gasteiger partial charge on any atom is -0.354 e. The van der Waals surface area contributed by atoms with E-state index in [1.165, 1.54) is 12.1 Å². The maximum absolute atomic E-state index is 13.8. The number of aromatic amines is 1. The number of nitrogens with one attached hydrogen (secondary N) is 2. The maximum atomic E-state index is 13.8. The summed E-state index contributed by atoms with van der Waals surface area (Å²) < 4.78 is 26.8. The van der Waals surface area contributed by atoms with Crippen molar-refractivity contribution in [3.05, 3.63) is 57.9 Å². The molecule has 2 N–H and O–H groups in total. The van der Waals surface area contributed by atoms with Crippen molar-refractivity contribution in [2.75, 3.05) is 0 Å². The summed E-state index contributed by atoms with van der Waals surface area (Å²) >= 11 is 0. The van der Waals surface area contributed by atoms with Gasteiger partial charge in [0.25, 0.3) is 5.91 Å². The van der Waals surface area contributed by atoms with E-state index in [9.17, 15) is 18.4 Å². The van der Waals surface area contributed by atoms with Gasteiger partial charge in [0.2, 0.25) is 0 Å². The van der Waals surface area contributed by atoms with Gasteiger partial charge in [0, 0.05) is 35.7 Å². The van der Waals surface area contributed by atoms with Gasteiger partial charge in [0.05, 0.1) is 0 Å². The number of aryl methyl sites for hydroxylation is 1. The van der Waals surface area contributed by atoms with Gasteiger partial charge >= 0.3 is 0 Å². The lowest BCUT2D eigenvalue weighted by molar-refractivity contribution is 0.0944. The molecule has 1 aromatic heterocycles. The van der Waals surface area contributed by atoms with Crippen LogP contribution in [0.25, 0.3) is 0 Å².